The van der Waals surface area contributed by atoms with E-state index in [1.54, 1.807) is 6.33 Å². The van der Waals surface area contributed by atoms with Crippen molar-refractivity contribution in [3.8, 4) is 0 Å². The lowest BCUT2D eigenvalue weighted by Gasteiger charge is -2.35. The van der Waals surface area contributed by atoms with Gasteiger partial charge in [-0.2, -0.15) is 0 Å². The number of fused-ring (bicyclic) bond motifs is 1. The van der Waals surface area contributed by atoms with Gasteiger partial charge in [-0.3, -0.25) is 9.59 Å². The van der Waals surface area contributed by atoms with Gasteiger partial charge in [-0.25, -0.2) is 4.98 Å². The van der Waals surface area contributed by atoms with Crippen LogP contribution in [0.1, 0.15) is 56.2 Å². The monoisotopic (exact) mass is 332 g/mol. The molecule has 1 aliphatic heterocycles. The number of nitrogens with zero attached hydrogens (tertiary/aromatic N) is 3. The standard InChI is InChI=1S/C18H28N4O2/c1-12(2)9-19-17(23)16-15-10-21(5-4-6-22(15)11-20-16)18(24)14-7-13(3)8-14/h11-14H,4-10H2,1-3H3,(H,19,23). The summed E-state index contributed by atoms with van der Waals surface area (Å²) in [7, 11) is 0. The molecule has 1 fully saturated rings. The first-order valence-electron chi connectivity index (χ1n) is 9.06. The lowest BCUT2D eigenvalue weighted by molar-refractivity contribution is -0.140. The number of carbonyl (C=O) groups excluding carboxylic acids is 2. The number of hydrogen-bond donors (Lipinski definition) is 1. The maximum absolute atomic E-state index is 12.7. The minimum atomic E-state index is -0.135. The van der Waals surface area contributed by atoms with Crippen molar-refractivity contribution < 1.29 is 9.59 Å². The summed E-state index contributed by atoms with van der Waals surface area (Å²) in [6, 6.07) is 0. The van der Waals surface area contributed by atoms with E-state index in [0.717, 1.165) is 38.0 Å². The van der Waals surface area contributed by atoms with E-state index in [4.69, 9.17) is 0 Å². The lowest BCUT2D eigenvalue weighted by atomic mass is 9.75. The molecule has 0 unspecified atom stereocenters. The number of aromatic nitrogens is 2. The Labute approximate surface area is 143 Å². The first-order valence-corrected chi connectivity index (χ1v) is 9.06. The predicted molar refractivity (Wildman–Crippen MR) is 91.3 cm³/mol. The number of nitrogens with one attached hydrogen (secondary N) is 1. The topological polar surface area (TPSA) is 67.2 Å². The molecular formula is C18H28N4O2. The van der Waals surface area contributed by atoms with Gasteiger partial charge in [0.1, 0.15) is 0 Å². The second-order valence-corrected chi connectivity index (χ2v) is 7.72. The average molecular weight is 332 g/mol. The number of imidazole rings is 1. The maximum atomic E-state index is 12.7. The molecule has 1 aromatic rings. The molecule has 0 aromatic carbocycles. The van der Waals surface area contributed by atoms with Gasteiger partial charge in [-0.15, -0.1) is 0 Å². The highest BCUT2D eigenvalue weighted by Crippen LogP contribution is 2.35. The van der Waals surface area contributed by atoms with E-state index in [-0.39, 0.29) is 17.7 Å². The fourth-order valence-electron chi connectivity index (χ4n) is 3.58. The van der Waals surface area contributed by atoms with Gasteiger partial charge < -0.3 is 14.8 Å². The van der Waals surface area contributed by atoms with Crippen LogP contribution in [0.25, 0.3) is 0 Å². The van der Waals surface area contributed by atoms with E-state index in [1.807, 2.05) is 9.47 Å². The molecule has 1 saturated carbocycles. The Morgan fingerprint density at radius 1 is 1.33 bits per heavy atom. The summed E-state index contributed by atoms with van der Waals surface area (Å²) in [5.41, 5.74) is 1.34. The van der Waals surface area contributed by atoms with Crippen LogP contribution in [-0.4, -0.2) is 39.4 Å². The SMILES string of the molecule is CC(C)CNC(=O)c1ncn2c1CN(C(=O)C1CC(C)C1)CCC2. The van der Waals surface area contributed by atoms with Crippen LogP contribution >= 0.6 is 0 Å². The van der Waals surface area contributed by atoms with Gasteiger partial charge in [0.25, 0.3) is 5.91 Å². The first-order chi connectivity index (χ1) is 11.5. The summed E-state index contributed by atoms with van der Waals surface area (Å²) < 4.78 is 2.03. The molecule has 0 spiro atoms. The zero-order chi connectivity index (χ0) is 17.3. The van der Waals surface area contributed by atoms with Crippen molar-refractivity contribution in [2.75, 3.05) is 13.1 Å². The molecule has 2 aliphatic rings. The Balaban J connectivity index is 1.73. The third-order valence-electron chi connectivity index (χ3n) is 5.03. The van der Waals surface area contributed by atoms with E-state index in [2.05, 4.69) is 31.1 Å². The molecule has 1 aliphatic carbocycles. The van der Waals surface area contributed by atoms with Gasteiger partial charge in [0.15, 0.2) is 5.69 Å². The molecule has 2 amide bonds. The fraction of sp³-hybridized carbons (Fsp3) is 0.722. The van der Waals surface area contributed by atoms with Crippen molar-refractivity contribution in [1.29, 1.82) is 0 Å². The van der Waals surface area contributed by atoms with Crippen molar-refractivity contribution in [2.45, 2.75) is 53.1 Å². The predicted octanol–water partition coefficient (Wildman–Crippen LogP) is 2.05. The van der Waals surface area contributed by atoms with E-state index < -0.39 is 0 Å². The van der Waals surface area contributed by atoms with E-state index in [1.165, 1.54) is 0 Å². The van der Waals surface area contributed by atoms with Crippen LogP contribution in [0.15, 0.2) is 6.33 Å². The van der Waals surface area contributed by atoms with Gasteiger partial charge in [0.2, 0.25) is 5.91 Å². The molecule has 6 nitrogen and oxygen atoms in total. The van der Waals surface area contributed by atoms with Crippen LogP contribution in [-0.2, 0) is 17.9 Å². The number of rotatable bonds is 4. The third kappa shape index (κ3) is 3.47. The van der Waals surface area contributed by atoms with Gasteiger partial charge in [-0.05, 0) is 31.1 Å². The van der Waals surface area contributed by atoms with Crippen LogP contribution in [0.4, 0.5) is 0 Å². The zero-order valence-corrected chi connectivity index (χ0v) is 14.9. The van der Waals surface area contributed by atoms with Gasteiger partial charge in [0.05, 0.1) is 18.6 Å². The number of hydrogen-bond acceptors (Lipinski definition) is 3. The van der Waals surface area contributed by atoms with Gasteiger partial charge in [-0.1, -0.05) is 20.8 Å². The maximum Gasteiger partial charge on any atom is 0.271 e. The van der Waals surface area contributed by atoms with Crippen LogP contribution in [0, 0.1) is 17.8 Å². The Kier molecular flexibility index (Phi) is 4.92. The summed E-state index contributed by atoms with van der Waals surface area (Å²) in [4.78, 5) is 31.4. The van der Waals surface area contributed by atoms with Crippen molar-refractivity contribution in [3.05, 3.63) is 17.7 Å². The number of carbonyl (C=O) groups is 2. The number of aryl methyl sites for hydroxylation is 1. The molecule has 132 valence electrons. The normalized spacial score (nSPS) is 23.4. The molecule has 0 radical (unpaired) electrons. The molecule has 1 N–H and O–H groups in total. The average Bonchev–Trinajstić information content (AvgIpc) is 2.79. The van der Waals surface area contributed by atoms with Crippen molar-refractivity contribution in [1.82, 2.24) is 19.8 Å². The first kappa shape index (κ1) is 17.0. The molecule has 2 heterocycles. The minimum Gasteiger partial charge on any atom is -0.350 e. The Bertz CT molecular complexity index is 617. The van der Waals surface area contributed by atoms with Gasteiger partial charge in [0, 0.05) is 25.6 Å². The van der Waals surface area contributed by atoms with Gasteiger partial charge >= 0.3 is 0 Å². The molecule has 0 saturated heterocycles. The summed E-state index contributed by atoms with van der Waals surface area (Å²) in [6.45, 7) is 9.02. The summed E-state index contributed by atoms with van der Waals surface area (Å²) in [6.07, 6.45) is 4.64. The quantitative estimate of drug-likeness (QED) is 0.917. The Morgan fingerprint density at radius 3 is 2.75 bits per heavy atom. The highest BCUT2D eigenvalue weighted by atomic mass is 16.2. The molecule has 6 heteroatoms. The molecular weight excluding hydrogens is 304 g/mol. The molecule has 0 atom stereocenters. The number of amides is 2. The summed E-state index contributed by atoms with van der Waals surface area (Å²) in [5.74, 6) is 1.34. The van der Waals surface area contributed by atoms with Crippen LogP contribution in [0.2, 0.25) is 0 Å². The third-order valence-corrected chi connectivity index (χ3v) is 5.03. The van der Waals surface area contributed by atoms with Crippen molar-refractivity contribution >= 4 is 11.8 Å². The summed E-state index contributed by atoms with van der Waals surface area (Å²) in [5, 5.41) is 2.93. The van der Waals surface area contributed by atoms with E-state index in [0.29, 0.717) is 30.6 Å². The fourth-order valence-corrected chi connectivity index (χ4v) is 3.58. The van der Waals surface area contributed by atoms with Crippen molar-refractivity contribution in [3.63, 3.8) is 0 Å². The Morgan fingerprint density at radius 2 is 2.08 bits per heavy atom. The Hall–Kier alpha value is -1.85. The largest absolute Gasteiger partial charge is 0.350 e. The second-order valence-electron chi connectivity index (χ2n) is 7.72. The van der Waals surface area contributed by atoms with E-state index in [9.17, 15) is 9.59 Å². The van der Waals surface area contributed by atoms with Crippen LogP contribution < -0.4 is 5.32 Å². The zero-order valence-electron chi connectivity index (χ0n) is 14.9. The highest BCUT2D eigenvalue weighted by molar-refractivity contribution is 5.93. The smallest absolute Gasteiger partial charge is 0.271 e. The second kappa shape index (κ2) is 6.95. The molecule has 24 heavy (non-hydrogen) atoms. The van der Waals surface area contributed by atoms with Crippen LogP contribution in [0.5, 0.6) is 0 Å². The van der Waals surface area contributed by atoms with Crippen LogP contribution in [0.3, 0.4) is 0 Å². The summed E-state index contributed by atoms with van der Waals surface area (Å²) >= 11 is 0. The molecule has 0 bridgehead atoms. The van der Waals surface area contributed by atoms with Crippen molar-refractivity contribution in [2.24, 2.45) is 17.8 Å². The minimum absolute atomic E-state index is 0.135. The molecule has 1 aromatic heterocycles. The molecule has 3 rings (SSSR count). The highest BCUT2D eigenvalue weighted by Gasteiger charge is 2.35. The lowest BCUT2D eigenvalue weighted by Crippen LogP contribution is -2.41. The van der Waals surface area contributed by atoms with E-state index >= 15 is 0 Å².